The largest absolute Gasteiger partial charge is 0.490 e. The molecule has 1 amide bonds. The Morgan fingerprint density at radius 2 is 1.62 bits per heavy atom. The van der Waals surface area contributed by atoms with Gasteiger partial charge in [-0.1, -0.05) is 41.4 Å². The molecule has 0 saturated heterocycles. The van der Waals surface area contributed by atoms with Crippen LogP contribution >= 0.6 is 23.2 Å². The molecule has 1 aromatic heterocycles. The second-order valence-electron chi connectivity index (χ2n) is 13.5. The number of aromatic nitrogens is 1. The molecule has 15 heteroatoms. The van der Waals surface area contributed by atoms with Crippen molar-refractivity contribution in [2.24, 2.45) is 0 Å². The number of carboxylic acid groups (broad SMARTS) is 1. The summed E-state index contributed by atoms with van der Waals surface area (Å²) >= 11 is 13.4. The first-order chi connectivity index (χ1) is 25.4. The molecule has 2 aromatic carbocycles. The fourth-order valence-corrected chi connectivity index (χ4v) is 6.57. The van der Waals surface area contributed by atoms with Gasteiger partial charge in [0.2, 0.25) is 5.91 Å². The van der Waals surface area contributed by atoms with Gasteiger partial charge in [-0.05, 0) is 85.9 Å². The fourth-order valence-electron chi connectivity index (χ4n) is 6.05. The van der Waals surface area contributed by atoms with E-state index in [1.165, 1.54) is 4.90 Å². The number of aliphatic hydroxyl groups excluding tert-OH is 5. The van der Waals surface area contributed by atoms with Crippen molar-refractivity contribution in [3.05, 3.63) is 81.6 Å². The van der Waals surface area contributed by atoms with Gasteiger partial charge >= 0.3 is 5.97 Å². The predicted octanol–water partition coefficient (Wildman–Crippen LogP) is 3.49. The van der Waals surface area contributed by atoms with E-state index in [-0.39, 0.29) is 19.3 Å². The number of aliphatic carboxylic acids is 1. The summed E-state index contributed by atoms with van der Waals surface area (Å²) in [6.07, 6.45) is 1.97. The van der Waals surface area contributed by atoms with Gasteiger partial charge in [0.15, 0.2) is 0 Å². The van der Waals surface area contributed by atoms with Crippen molar-refractivity contribution < 1.29 is 54.4 Å². The smallest absolute Gasteiger partial charge is 0.329 e. The van der Waals surface area contributed by atoms with Gasteiger partial charge in [-0.15, -0.1) is 0 Å². The first-order valence-electron chi connectivity index (χ1n) is 17.6. The van der Waals surface area contributed by atoms with Crippen molar-refractivity contribution in [1.82, 2.24) is 9.88 Å². The summed E-state index contributed by atoms with van der Waals surface area (Å²) < 4.78 is 17.7. The van der Waals surface area contributed by atoms with E-state index in [1.54, 1.807) is 18.3 Å². The van der Waals surface area contributed by atoms with Gasteiger partial charge < -0.3 is 49.7 Å². The van der Waals surface area contributed by atoms with Crippen LogP contribution in [0.3, 0.4) is 0 Å². The zero-order valence-corrected chi connectivity index (χ0v) is 30.7. The highest BCUT2D eigenvalue weighted by Gasteiger charge is 2.48. The number of carbonyl (C=O) groups is 2. The number of aliphatic hydroxyl groups is 5. The van der Waals surface area contributed by atoms with E-state index in [9.17, 15) is 30.0 Å². The number of halogens is 2. The molecular formula is C38H46Cl2N2O11. The molecule has 13 nitrogen and oxygen atoms in total. The maximum atomic E-state index is 12.8. The molecule has 0 aliphatic heterocycles. The zero-order chi connectivity index (χ0) is 38.1. The second-order valence-corrected chi connectivity index (χ2v) is 14.3. The van der Waals surface area contributed by atoms with E-state index in [2.05, 4.69) is 11.1 Å². The molecule has 1 heterocycles. The van der Waals surface area contributed by atoms with Gasteiger partial charge in [0, 0.05) is 46.7 Å². The molecule has 2 aliphatic carbocycles. The number of ether oxygens (including phenoxy) is 3. The van der Waals surface area contributed by atoms with E-state index < -0.39 is 68.3 Å². The molecule has 5 rings (SSSR count). The summed E-state index contributed by atoms with van der Waals surface area (Å²) in [5.74, 6) is -1.07. The maximum Gasteiger partial charge on any atom is 0.329 e. The minimum atomic E-state index is -1.87. The van der Waals surface area contributed by atoms with Crippen LogP contribution in [0, 0.1) is 0 Å². The van der Waals surface area contributed by atoms with Crippen LogP contribution in [0.5, 0.6) is 5.75 Å². The number of amides is 1. The fraction of sp³-hybridized carbons (Fsp3) is 0.500. The summed E-state index contributed by atoms with van der Waals surface area (Å²) in [5, 5.41) is 59.2. The number of unbranched alkanes of at least 4 members (excludes halogenated alkanes) is 1. The molecule has 2 aliphatic rings. The lowest BCUT2D eigenvalue weighted by atomic mass is 9.96. The van der Waals surface area contributed by atoms with Crippen molar-refractivity contribution in [1.29, 1.82) is 0 Å². The molecule has 4 atom stereocenters. The lowest BCUT2D eigenvalue weighted by molar-refractivity contribution is -0.148. The molecule has 0 radical (unpaired) electrons. The minimum Gasteiger partial charge on any atom is -0.490 e. The number of aryl methyl sites for hydroxylation is 1. The Morgan fingerprint density at radius 1 is 0.925 bits per heavy atom. The second kappa shape index (κ2) is 18.8. The molecular weight excluding hydrogens is 731 g/mol. The van der Waals surface area contributed by atoms with Crippen molar-refractivity contribution in [3.8, 4) is 16.9 Å². The third kappa shape index (κ3) is 11.1. The van der Waals surface area contributed by atoms with Crippen LogP contribution in [0.25, 0.3) is 11.1 Å². The van der Waals surface area contributed by atoms with Gasteiger partial charge in [0.25, 0.3) is 0 Å². The highest BCUT2D eigenvalue weighted by molar-refractivity contribution is 6.34. The Kier molecular flexibility index (Phi) is 14.5. The first kappa shape index (κ1) is 40.8. The Bertz CT molecular complexity index is 1700. The van der Waals surface area contributed by atoms with Crippen LogP contribution in [0.15, 0.2) is 54.9 Å². The summed E-state index contributed by atoms with van der Waals surface area (Å²) in [5.41, 5.74) is 4.00. The standard InChI is InChI=1S/C38H46Cl2N2O11/c39-29-16-24(20-52-38(11-12-38)28-17-41-13-10-26(28)27-6-1-2-7-33(27)53-25-8-9-25)30(40)15-23(29)5-3-4-14-42(34(46)21-51-22-35(47)48)18-31(44)36(49)37(50)32(45)19-43/h1-2,6-7,10,13,15-17,25,31-32,36-37,43-45,49-50H,3-5,8-9,11-12,14,18-22H2,(H,47,48). The van der Waals surface area contributed by atoms with Gasteiger partial charge in [-0.3, -0.25) is 9.78 Å². The molecule has 6 N–H and O–H groups in total. The predicted molar refractivity (Wildman–Crippen MR) is 195 cm³/mol. The van der Waals surface area contributed by atoms with Crippen LogP contribution in [-0.4, -0.2) is 116 Å². The number of benzene rings is 2. The third-order valence-corrected chi connectivity index (χ3v) is 10.1. The molecule has 2 saturated carbocycles. The average molecular weight is 778 g/mol. The monoisotopic (exact) mass is 776 g/mol. The van der Waals surface area contributed by atoms with Gasteiger partial charge in [-0.2, -0.15) is 0 Å². The van der Waals surface area contributed by atoms with E-state index in [4.69, 9.17) is 47.6 Å². The normalized spacial score (nSPS) is 17.1. The highest BCUT2D eigenvalue weighted by Crippen LogP contribution is 2.53. The number of carboxylic acids is 1. The van der Waals surface area contributed by atoms with E-state index in [0.29, 0.717) is 29.3 Å². The number of hydrogen-bond acceptors (Lipinski definition) is 11. The first-order valence-corrected chi connectivity index (χ1v) is 18.4. The highest BCUT2D eigenvalue weighted by atomic mass is 35.5. The number of nitrogens with zero attached hydrogens (tertiary/aromatic N) is 2. The summed E-state index contributed by atoms with van der Waals surface area (Å²) in [6.45, 7) is -2.28. The molecule has 3 aromatic rings. The Labute approximate surface area is 317 Å². The Hall–Kier alpha value is -3.37. The van der Waals surface area contributed by atoms with Crippen molar-refractivity contribution >= 4 is 35.1 Å². The lowest BCUT2D eigenvalue weighted by Gasteiger charge is -2.30. The summed E-state index contributed by atoms with van der Waals surface area (Å²) in [7, 11) is 0. The quantitative estimate of drug-likeness (QED) is 0.0814. The van der Waals surface area contributed by atoms with Gasteiger partial charge in [-0.25, -0.2) is 4.79 Å². The molecule has 288 valence electrons. The van der Waals surface area contributed by atoms with E-state index >= 15 is 0 Å². The van der Waals surface area contributed by atoms with Crippen molar-refractivity contribution in [3.63, 3.8) is 0 Å². The zero-order valence-electron chi connectivity index (χ0n) is 29.2. The molecule has 0 bridgehead atoms. The lowest BCUT2D eigenvalue weighted by Crippen LogP contribution is -2.51. The Balaban J connectivity index is 1.18. The van der Waals surface area contributed by atoms with Crippen LogP contribution in [0.1, 0.15) is 55.2 Å². The number of rotatable bonds is 22. The topological polar surface area (TPSA) is 199 Å². The molecule has 2 fully saturated rings. The van der Waals surface area contributed by atoms with Crippen LogP contribution < -0.4 is 4.74 Å². The molecule has 53 heavy (non-hydrogen) atoms. The van der Waals surface area contributed by atoms with E-state index in [0.717, 1.165) is 59.3 Å². The SMILES string of the molecule is O=C(O)COCC(=O)N(CCCCc1cc(Cl)c(COC2(c3cnccc3-c3ccccc3OC3CC3)CC2)cc1Cl)CC(O)C(O)C(O)C(O)CO. The van der Waals surface area contributed by atoms with Crippen molar-refractivity contribution in [2.45, 2.75) is 87.7 Å². The van der Waals surface area contributed by atoms with Gasteiger partial charge in [0.1, 0.15) is 43.4 Å². The number of hydrogen-bond donors (Lipinski definition) is 6. The summed E-state index contributed by atoms with van der Waals surface area (Å²) in [4.78, 5) is 29.2. The molecule has 0 spiro atoms. The number of pyridine rings is 1. The number of carbonyl (C=O) groups excluding carboxylic acids is 1. The summed E-state index contributed by atoms with van der Waals surface area (Å²) in [6, 6.07) is 13.6. The van der Waals surface area contributed by atoms with Crippen LogP contribution in [0.2, 0.25) is 10.0 Å². The van der Waals surface area contributed by atoms with Crippen LogP contribution in [0.4, 0.5) is 0 Å². The maximum absolute atomic E-state index is 12.8. The van der Waals surface area contributed by atoms with Crippen molar-refractivity contribution in [2.75, 3.05) is 32.9 Å². The average Bonchev–Trinajstić information content (AvgIpc) is 4.10. The van der Waals surface area contributed by atoms with Gasteiger partial charge in [0.05, 0.1) is 24.9 Å². The minimum absolute atomic E-state index is 0.0879. The van der Waals surface area contributed by atoms with Crippen LogP contribution in [-0.2, 0) is 37.7 Å². The van der Waals surface area contributed by atoms with E-state index in [1.807, 2.05) is 30.5 Å². The molecule has 4 unspecified atom stereocenters. The third-order valence-electron chi connectivity index (χ3n) is 9.39. The number of para-hydroxylation sites is 1. The Morgan fingerprint density at radius 3 is 2.32 bits per heavy atom.